The Bertz CT molecular complexity index is 849. The molecule has 0 N–H and O–H groups in total. The summed E-state index contributed by atoms with van der Waals surface area (Å²) in [7, 11) is 1.87. The summed E-state index contributed by atoms with van der Waals surface area (Å²) >= 11 is 1.52. The van der Waals surface area contributed by atoms with Crippen LogP contribution in [0.2, 0.25) is 0 Å². The molecule has 3 aromatic rings. The van der Waals surface area contributed by atoms with Crippen molar-refractivity contribution in [1.82, 2.24) is 24.8 Å². The molecule has 3 aromatic heterocycles. The fourth-order valence-electron chi connectivity index (χ4n) is 2.67. The monoisotopic (exact) mass is 315 g/mol. The van der Waals surface area contributed by atoms with Gasteiger partial charge in [-0.3, -0.25) is 9.48 Å². The van der Waals surface area contributed by atoms with Gasteiger partial charge in [-0.2, -0.15) is 21.4 Å². The molecule has 0 bridgehead atoms. The maximum absolute atomic E-state index is 12.5. The standard InChI is InChI=1S/C14H13N5O2S/c1-8-15-13(21-17-8)12-10-5-19(6-11(10)18(2)16-12)14(20)9-3-4-22-7-9/h3-4,7H,5-6H2,1-2H3. The average Bonchev–Trinajstić information content (AvgIpc) is 3.24. The first kappa shape index (κ1) is 13.2. The average molecular weight is 315 g/mol. The minimum atomic E-state index is 0.0325. The fourth-order valence-corrected chi connectivity index (χ4v) is 3.30. The van der Waals surface area contributed by atoms with Gasteiger partial charge in [-0.15, -0.1) is 0 Å². The van der Waals surface area contributed by atoms with Gasteiger partial charge in [0.2, 0.25) is 0 Å². The Hall–Kier alpha value is -2.48. The minimum Gasteiger partial charge on any atom is -0.332 e. The van der Waals surface area contributed by atoms with Gasteiger partial charge in [0.05, 0.1) is 24.3 Å². The molecule has 0 spiro atoms. The third kappa shape index (κ3) is 1.95. The third-order valence-corrected chi connectivity index (χ3v) is 4.43. The second-order valence-corrected chi connectivity index (χ2v) is 6.00. The molecular weight excluding hydrogens is 302 g/mol. The highest BCUT2D eigenvalue weighted by Gasteiger charge is 2.32. The number of aromatic nitrogens is 4. The molecular formula is C14H13N5O2S. The molecule has 0 atom stereocenters. The molecule has 4 heterocycles. The van der Waals surface area contributed by atoms with Gasteiger partial charge in [-0.1, -0.05) is 5.16 Å². The lowest BCUT2D eigenvalue weighted by atomic mass is 10.2. The second kappa shape index (κ2) is 4.77. The maximum atomic E-state index is 12.5. The van der Waals surface area contributed by atoms with E-state index in [9.17, 15) is 4.79 Å². The van der Waals surface area contributed by atoms with E-state index in [2.05, 4.69) is 15.2 Å². The van der Waals surface area contributed by atoms with Crippen molar-refractivity contribution in [3.63, 3.8) is 0 Å². The first-order chi connectivity index (χ1) is 10.6. The maximum Gasteiger partial charge on any atom is 0.278 e. The molecule has 0 saturated carbocycles. The smallest absolute Gasteiger partial charge is 0.278 e. The number of thiophene rings is 1. The molecule has 8 heteroatoms. The van der Waals surface area contributed by atoms with Gasteiger partial charge in [0, 0.05) is 18.0 Å². The summed E-state index contributed by atoms with van der Waals surface area (Å²) in [5, 5.41) is 12.0. The number of aryl methyl sites for hydroxylation is 2. The summed E-state index contributed by atoms with van der Waals surface area (Å²) in [6.07, 6.45) is 0. The number of fused-ring (bicyclic) bond motifs is 1. The van der Waals surface area contributed by atoms with Gasteiger partial charge in [0.1, 0.15) is 0 Å². The van der Waals surface area contributed by atoms with Crippen molar-refractivity contribution in [3.8, 4) is 11.6 Å². The number of rotatable bonds is 2. The molecule has 0 unspecified atom stereocenters. The first-order valence-electron chi connectivity index (χ1n) is 6.80. The van der Waals surface area contributed by atoms with Gasteiger partial charge in [-0.05, 0) is 18.4 Å². The lowest BCUT2D eigenvalue weighted by Crippen LogP contribution is -2.25. The Morgan fingerprint density at radius 1 is 1.41 bits per heavy atom. The van der Waals surface area contributed by atoms with Gasteiger partial charge in [0.15, 0.2) is 11.5 Å². The molecule has 112 valence electrons. The highest BCUT2D eigenvalue weighted by molar-refractivity contribution is 7.08. The van der Waals surface area contributed by atoms with Crippen LogP contribution in [0.15, 0.2) is 21.3 Å². The Morgan fingerprint density at radius 2 is 2.27 bits per heavy atom. The lowest BCUT2D eigenvalue weighted by molar-refractivity contribution is 0.0749. The number of carbonyl (C=O) groups excluding carboxylic acids is 1. The van der Waals surface area contributed by atoms with Crippen LogP contribution in [0.25, 0.3) is 11.6 Å². The molecule has 1 aliphatic heterocycles. The van der Waals surface area contributed by atoms with Gasteiger partial charge < -0.3 is 9.42 Å². The zero-order chi connectivity index (χ0) is 15.3. The van der Waals surface area contributed by atoms with Crippen molar-refractivity contribution in [1.29, 1.82) is 0 Å². The molecule has 1 aliphatic rings. The summed E-state index contributed by atoms with van der Waals surface area (Å²) in [6, 6.07) is 1.84. The van der Waals surface area contributed by atoms with Crippen LogP contribution in [0, 0.1) is 6.92 Å². The molecule has 0 fully saturated rings. The summed E-state index contributed by atoms with van der Waals surface area (Å²) in [4.78, 5) is 18.5. The largest absolute Gasteiger partial charge is 0.332 e. The number of nitrogens with zero attached hydrogens (tertiary/aromatic N) is 5. The highest BCUT2D eigenvalue weighted by Crippen LogP contribution is 2.32. The van der Waals surface area contributed by atoms with Gasteiger partial charge >= 0.3 is 0 Å². The minimum absolute atomic E-state index is 0.0325. The summed E-state index contributed by atoms with van der Waals surface area (Å²) < 4.78 is 7.00. The SMILES string of the molecule is Cc1noc(-c2nn(C)c3c2CN(C(=O)c2ccsc2)C3)n1. The van der Waals surface area contributed by atoms with Crippen LogP contribution in [0.5, 0.6) is 0 Å². The summed E-state index contributed by atoms with van der Waals surface area (Å²) in [5.74, 6) is 1.00. The molecule has 22 heavy (non-hydrogen) atoms. The second-order valence-electron chi connectivity index (χ2n) is 5.22. The van der Waals surface area contributed by atoms with E-state index in [0.717, 1.165) is 16.8 Å². The third-order valence-electron chi connectivity index (χ3n) is 3.75. The van der Waals surface area contributed by atoms with Crippen molar-refractivity contribution >= 4 is 17.2 Å². The van der Waals surface area contributed by atoms with Crippen LogP contribution in [-0.4, -0.2) is 30.7 Å². The number of hydrogen-bond donors (Lipinski definition) is 0. The Kier molecular flexibility index (Phi) is 2.86. The summed E-state index contributed by atoms with van der Waals surface area (Å²) in [6.45, 7) is 2.82. The molecule has 0 radical (unpaired) electrons. The van der Waals surface area contributed by atoms with Gasteiger partial charge in [0.25, 0.3) is 11.8 Å². The van der Waals surface area contributed by atoms with Crippen LogP contribution < -0.4 is 0 Å². The Morgan fingerprint density at radius 3 is 2.95 bits per heavy atom. The number of amides is 1. The van der Waals surface area contributed by atoms with E-state index in [0.29, 0.717) is 30.5 Å². The molecule has 4 rings (SSSR count). The van der Waals surface area contributed by atoms with E-state index in [4.69, 9.17) is 4.52 Å². The normalized spacial score (nSPS) is 13.6. The molecule has 7 nitrogen and oxygen atoms in total. The molecule has 0 saturated heterocycles. The quantitative estimate of drug-likeness (QED) is 0.723. The van der Waals surface area contributed by atoms with Crippen molar-refractivity contribution in [2.75, 3.05) is 0 Å². The van der Waals surface area contributed by atoms with Crippen LogP contribution in [0.4, 0.5) is 0 Å². The molecule has 0 aliphatic carbocycles. The number of carbonyl (C=O) groups is 1. The summed E-state index contributed by atoms with van der Waals surface area (Å²) in [5.41, 5.74) is 3.38. The van der Waals surface area contributed by atoms with Crippen molar-refractivity contribution in [2.24, 2.45) is 7.05 Å². The van der Waals surface area contributed by atoms with E-state index in [1.165, 1.54) is 11.3 Å². The van der Waals surface area contributed by atoms with Crippen molar-refractivity contribution in [3.05, 3.63) is 39.5 Å². The van der Waals surface area contributed by atoms with Crippen LogP contribution in [0.3, 0.4) is 0 Å². The van der Waals surface area contributed by atoms with E-state index < -0.39 is 0 Å². The fraction of sp³-hybridized carbons (Fsp3) is 0.286. The van der Waals surface area contributed by atoms with Crippen molar-refractivity contribution in [2.45, 2.75) is 20.0 Å². The first-order valence-corrected chi connectivity index (χ1v) is 7.74. The van der Waals surface area contributed by atoms with Gasteiger partial charge in [-0.25, -0.2) is 0 Å². The van der Waals surface area contributed by atoms with E-state index in [1.54, 1.807) is 16.5 Å². The number of hydrogen-bond acceptors (Lipinski definition) is 6. The molecule has 0 aromatic carbocycles. The zero-order valence-electron chi connectivity index (χ0n) is 12.1. The Balaban J connectivity index is 1.68. The van der Waals surface area contributed by atoms with Crippen molar-refractivity contribution < 1.29 is 9.32 Å². The van der Waals surface area contributed by atoms with E-state index in [1.807, 2.05) is 23.9 Å². The topological polar surface area (TPSA) is 77.0 Å². The van der Waals surface area contributed by atoms with Crippen LogP contribution in [0.1, 0.15) is 27.4 Å². The lowest BCUT2D eigenvalue weighted by Gasteiger charge is -2.15. The highest BCUT2D eigenvalue weighted by atomic mass is 32.1. The Labute approximate surface area is 130 Å². The predicted molar refractivity (Wildman–Crippen MR) is 79.1 cm³/mol. The van der Waals surface area contributed by atoms with E-state index >= 15 is 0 Å². The van der Waals surface area contributed by atoms with Crippen LogP contribution >= 0.6 is 11.3 Å². The zero-order valence-corrected chi connectivity index (χ0v) is 12.9. The molecule has 1 amide bonds. The van der Waals surface area contributed by atoms with E-state index in [-0.39, 0.29) is 5.91 Å². The predicted octanol–water partition coefficient (Wildman–Crippen LogP) is 2.00. The van der Waals surface area contributed by atoms with Crippen LogP contribution in [-0.2, 0) is 20.1 Å².